The molecule has 1 atom stereocenters. The van der Waals surface area contributed by atoms with Crippen molar-refractivity contribution in [2.24, 2.45) is 0 Å². The van der Waals surface area contributed by atoms with Crippen LogP contribution >= 0.6 is 11.8 Å². The molecule has 0 amide bonds. The van der Waals surface area contributed by atoms with Crippen molar-refractivity contribution >= 4 is 23.5 Å². The quantitative estimate of drug-likeness (QED) is 0.521. The van der Waals surface area contributed by atoms with Gasteiger partial charge in [0.2, 0.25) is 0 Å². The second-order valence-corrected chi connectivity index (χ2v) is 6.27. The number of hydrogen-bond acceptors (Lipinski definition) is 5. The zero-order chi connectivity index (χ0) is 16.3. The van der Waals surface area contributed by atoms with E-state index in [0.717, 1.165) is 5.03 Å². The summed E-state index contributed by atoms with van der Waals surface area (Å²) in [5.41, 5.74) is 2.15. The molecule has 0 bridgehead atoms. The van der Waals surface area contributed by atoms with Gasteiger partial charge in [-0.25, -0.2) is 9.78 Å². The van der Waals surface area contributed by atoms with Gasteiger partial charge in [-0.15, -0.1) is 0 Å². The Morgan fingerprint density at radius 1 is 1.32 bits per heavy atom. The maximum atomic E-state index is 12.6. The van der Waals surface area contributed by atoms with E-state index in [1.807, 2.05) is 25.1 Å². The molecular weight excluding hydrogens is 300 g/mol. The Hall–Kier alpha value is -2.08. The van der Waals surface area contributed by atoms with Gasteiger partial charge < -0.3 is 9.72 Å². The molecule has 2 rings (SSSR count). The molecule has 0 aliphatic heterocycles. The van der Waals surface area contributed by atoms with Crippen LogP contribution in [-0.4, -0.2) is 34.1 Å². The number of nitrogens with one attached hydrogen (secondary N) is 1. The van der Waals surface area contributed by atoms with E-state index in [2.05, 4.69) is 9.97 Å². The lowest BCUT2D eigenvalue weighted by molar-refractivity contribution is 0.0599. The van der Waals surface area contributed by atoms with Gasteiger partial charge in [-0.3, -0.25) is 4.79 Å². The number of methoxy groups -OCH3 is 1. The van der Waals surface area contributed by atoms with Crippen LogP contribution in [0, 0.1) is 13.8 Å². The van der Waals surface area contributed by atoms with E-state index in [4.69, 9.17) is 4.74 Å². The highest BCUT2D eigenvalue weighted by Crippen LogP contribution is 2.26. The van der Waals surface area contributed by atoms with Gasteiger partial charge in [-0.2, -0.15) is 0 Å². The fourth-order valence-electron chi connectivity index (χ4n) is 2.26. The first-order chi connectivity index (χ1) is 10.5. The first kappa shape index (κ1) is 16.3. The van der Waals surface area contributed by atoms with Crippen molar-refractivity contribution in [1.29, 1.82) is 0 Å². The number of thioether (sulfide) groups is 1. The van der Waals surface area contributed by atoms with Gasteiger partial charge in [0.25, 0.3) is 0 Å². The molecule has 6 heteroatoms. The lowest BCUT2D eigenvalue weighted by Gasteiger charge is -2.09. The van der Waals surface area contributed by atoms with Crippen molar-refractivity contribution in [2.75, 3.05) is 7.11 Å². The summed E-state index contributed by atoms with van der Waals surface area (Å²) in [6, 6.07) is 5.57. The first-order valence-corrected chi connectivity index (χ1v) is 7.73. The molecule has 2 aromatic rings. The minimum Gasteiger partial charge on any atom is -0.465 e. The Morgan fingerprint density at radius 2 is 2.05 bits per heavy atom. The third-order valence-electron chi connectivity index (χ3n) is 3.38. The van der Waals surface area contributed by atoms with Crippen LogP contribution in [0.25, 0.3) is 0 Å². The number of aromatic nitrogens is 2. The molecule has 2 aromatic heterocycles. The summed E-state index contributed by atoms with van der Waals surface area (Å²) in [5.74, 6) is -0.498. The predicted octanol–water partition coefficient (Wildman–Crippen LogP) is 3.18. The van der Waals surface area contributed by atoms with Crippen LogP contribution in [0.3, 0.4) is 0 Å². The molecule has 0 saturated heterocycles. The molecule has 0 saturated carbocycles. The molecule has 1 unspecified atom stereocenters. The van der Waals surface area contributed by atoms with E-state index in [1.54, 1.807) is 20.0 Å². The number of Topliss-reactive ketones (excluding diaryl/α,β-unsaturated/α-hetero) is 1. The fourth-order valence-corrected chi connectivity index (χ4v) is 3.13. The largest absolute Gasteiger partial charge is 0.465 e. The SMILES string of the molecule is COC(=O)c1c(C)[nH]c(C(=O)C(C)Sc2ccccn2)c1C. The number of hydrogen-bond donors (Lipinski definition) is 1. The molecule has 0 fully saturated rings. The van der Waals surface area contributed by atoms with E-state index in [9.17, 15) is 9.59 Å². The fraction of sp³-hybridized carbons (Fsp3) is 0.312. The zero-order valence-electron chi connectivity index (χ0n) is 13.0. The van der Waals surface area contributed by atoms with Crippen LogP contribution < -0.4 is 0 Å². The molecule has 0 aromatic carbocycles. The Kier molecular flexibility index (Phi) is 5.03. The van der Waals surface area contributed by atoms with Gasteiger partial charge in [0.1, 0.15) is 0 Å². The van der Waals surface area contributed by atoms with Crippen LogP contribution in [-0.2, 0) is 4.74 Å². The number of carbonyl (C=O) groups excluding carboxylic acids is 2. The van der Waals surface area contributed by atoms with Gasteiger partial charge in [0.15, 0.2) is 5.78 Å². The number of aryl methyl sites for hydroxylation is 1. The van der Waals surface area contributed by atoms with Crippen molar-refractivity contribution in [3.63, 3.8) is 0 Å². The second-order valence-electron chi connectivity index (χ2n) is 4.91. The highest BCUT2D eigenvalue weighted by molar-refractivity contribution is 8.00. The van der Waals surface area contributed by atoms with Crippen LogP contribution in [0.4, 0.5) is 0 Å². The van der Waals surface area contributed by atoms with Crippen molar-refractivity contribution in [1.82, 2.24) is 9.97 Å². The average Bonchev–Trinajstić information content (AvgIpc) is 2.81. The molecule has 0 radical (unpaired) electrons. The number of aromatic amines is 1. The van der Waals surface area contributed by atoms with Crippen LogP contribution in [0.5, 0.6) is 0 Å². The molecule has 116 valence electrons. The van der Waals surface area contributed by atoms with Gasteiger partial charge >= 0.3 is 5.97 Å². The molecule has 1 N–H and O–H groups in total. The number of ether oxygens (including phenoxy) is 1. The topological polar surface area (TPSA) is 72.1 Å². The van der Waals surface area contributed by atoms with Crippen molar-refractivity contribution in [3.05, 3.63) is 46.9 Å². The van der Waals surface area contributed by atoms with E-state index in [0.29, 0.717) is 22.5 Å². The lowest BCUT2D eigenvalue weighted by Crippen LogP contribution is -2.15. The summed E-state index contributed by atoms with van der Waals surface area (Å²) in [7, 11) is 1.33. The number of carbonyl (C=O) groups is 2. The maximum Gasteiger partial charge on any atom is 0.339 e. The van der Waals surface area contributed by atoms with Gasteiger partial charge in [0, 0.05) is 11.9 Å². The van der Waals surface area contributed by atoms with Gasteiger partial charge in [0.05, 0.1) is 28.6 Å². The summed E-state index contributed by atoms with van der Waals surface area (Å²) < 4.78 is 4.76. The number of nitrogens with zero attached hydrogens (tertiary/aromatic N) is 1. The number of pyridine rings is 1. The minimum atomic E-state index is -0.435. The predicted molar refractivity (Wildman–Crippen MR) is 85.5 cm³/mol. The first-order valence-electron chi connectivity index (χ1n) is 6.85. The molecule has 22 heavy (non-hydrogen) atoms. The number of H-pyrrole nitrogens is 1. The minimum absolute atomic E-state index is 0.0635. The molecule has 5 nitrogen and oxygen atoms in total. The number of rotatable bonds is 5. The van der Waals surface area contributed by atoms with Gasteiger partial charge in [-0.1, -0.05) is 17.8 Å². The normalized spacial score (nSPS) is 12.0. The van der Waals surface area contributed by atoms with Crippen LogP contribution in [0.1, 0.15) is 39.0 Å². The summed E-state index contributed by atoms with van der Waals surface area (Å²) in [6.07, 6.45) is 1.69. The molecule has 0 aliphatic rings. The maximum absolute atomic E-state index is 12.6. The van der Waals surface area contributed by atoms with Crippen molar-refractivity contribution < 1.29 is 14.3 Å². The Bertz CT molecular complexity index is 695. The van der Waals surface area contributed by atoms with E-state index in [-0.39, 0.29) is 11.0 Å². The Balaban J connectivity index is 2.24. The van der Waals surface area contributed by atoms with E-state index < -0.39 is 5.97 Å². The van der Waals surface area contributed by atoms with Crippen molar-refractivity contribution in [2.45, 2.75) is 31.0 Å². The molecule has 0 aliphatic carbocycles. The van der Waals surface area contributed by atoms with E-state index >= 15 is 0 Å². The van der Waals surface area contributed by atoms with E-state index in [1.165, 1.54) is 18.9 Å². The smallest absolute Gasteiger partial charge is 0.339 e. The average molecular weight is 318 g/mol. The highest BCUT2D eigenvalue weighted by Gasteiger charge is 2.26. The zero-order valence-corrected chi connectivity index (χ0v) is 13.8. The highest BCUT2D eigenvalue weighted by atomic mass is 32.2. The second kappa shape index (κ2) is 6.79. The lowest BCUT2D eigenvalue weighted by atomic mass is 10.1. The molecule has 0 spiro atoms. The Morgan fingerprint density at radius 3 is 2.64 bits per heavy atom. The number of esters is 1. The molecule has 2 heterocycles. The van der Waals surface area contributed by atoms with Crippen LogP contribution in [0.2, 0.25) is 0 Å². The van der Waals surface area contributed by atoms with Crippen molar-refractivity contribution in [3.8, 4) is 0 Å². The van der Waals surface area contributed by atoms with Gasteiger partial charge in [-0.05, 0) is 38.5 Å². The molecular formula is C16H18N2O3S. The summed E-state index contributed by atoms with van der Waals surface area (Å²) >= 11 is 1.39. The third kappa shape index (κ3) is 3.22. The number of ketones is 1. The standard InChI is InChI=1S/C16H18N2O3S/c1-9-13(16(20)21-4)10(2)18-14(9)15(19)11(3)22-12-7-5-6-8-17-12/h5-8,11,18H,1-4H3. The van der Waals surface area contributed by atoms with Crippen LogP contribution in [0.15, 0.2) is 29.4 Å². The summed E-state index contributed by atoms with van der Waals surface area (Å²) in [6.45, 7) is 5.34. The summed E-state index contributed by atoms with van der Waals surface area (Å²) in [4.78, 5) is 31.6. The summed E-state index contributed by atoms with van der Waals surface area (Å²) in [5, 5.41) is 0.481. The Labute approximate surface area is 133 Å². The monoisotopic (exact) mass is 318 g/mol. The third-order valence-corrected chi connectivity index (χ3v) is 4.43.